The van der Waals surface area contributed by atoms with Crippen molar-refractivity contribution in [2.45, 2.75) is 12.2 Å². The van der Waals surface area contributed by atoms with Gasteiger partial charge in [0.05, 0.1) is 24.3 Å². The van der Waals surface area contributed by atoms with Gasteiger partial charge in [0.15, 0.2) is 0 Å². The van der Waals surface area contributed by atoms with E-state index in [0.29, 0.717) is 24.3 Å². The van der Waals surface area contributed by atoms with Crippen molar-refractivity contribution in [1.29, 1.82) is 0 Å². The molecule has 0 bridgehead atoms. The van der Waals surface area contributed by atoms with Crippen LogP contribution in [0.15, 0.2) is 24.3 Å². The topological polar surface area (TPSA) is 77.7 Å². The fourth-order valence-electron chi connectivity index (χ4n) is 1.57. The van der Waals surface area contributed by atoms with Crippen molar-refractivity contribution in [2.75, 3.05) is 26.4 Å². The Balaban J connectivity index is 1.52. The monoisotopic (exact) mass is 278 g/mol. The predicted molar refractivity (Wildman–Crippen MR) is 66.5 cm³/mol. The van der Waals surface area contributed by atoms with Crippen molar-refractivity contribution in [3.8, 4) is 0 Å². The van der Waals surface area contributed by atoms with Gasteiger partial charge < -0.3 is 18.9 Å². The molecule has 0 radical (unpaired) electrons. The lowest BCUT2D eigenvalue weighted by Crippen LogP contribution is -2.12. The van der Waals surface area contributed by atoms with Crippen LogP contribution in [0.1, 0.15) is 20.7 Å². The minimum absolute atomic E-state index is 0.0397. The molecule has 2 heterocycles. The van der Waals surface area contributed by atoms with Crippen LogP contribution in [0.4, 0.5) is 0 Å². The second-order valence-electron chi connectivity index (χ2n) is 4.68. The zero-order chi connectivity index (χ0) is 13.9. The highest BCUT2D eigenvalue weighted by Gasteiger charge is 2.25. The molecule has 0 unspecified atom stereocenters. The average molecular weight is 278 g/mol. The third-order valence-electron chi connectivity index (χ3n) is 2.96. The summed E-state index contributed by atoms with van der Waals surface area (Å²) in [5.41, 5.74) is 0.792. The molecule has 3 rings (SSSR count). The molecule has 0 saturated carbocycles. The maximum Gasteiger partial charge on any atom is 0.338 e. The van der Waals surface area contributed by atoms with Gasteiger partial charge in [0.1, 0.15) is 25.4 Å². The lowest BCUT2D eigenvalue weighted by Gasteiger charge is -2.05. The van der Waals surface area contributed by atoms with Crippen molar-refractivity contribution in [1.82, 2.24) is 0 Å². The number of benzene rings is 1. The Morgan fingerprint density at radius 3 is 1.55 bits per heavy atom. The molecule has 2 aliphatic rings. The molecule has 6 nitrogen and oxygen atoms in total. The summed E-state index contributed by atoms with van der Waals surface area (Å²) < 4.78 is 20.0. The third-order valence-corrected chi connectivity index (χ3v) is 2.96. The Morgan fingerprint density at radius 2 is 1.25 bits per heavy atom. The summed E-state index contributed by atoms with van der Waals surface area (Å²) >= 11 is 0. The van der Waals surface area contributed by atoms with Gasteiger partial charge in [0.25, 0.3) is 0 Å². The smallest absolute Gasteiger partial charge is 0.338 e. The van der Waals surface area contributed by atoms with E-state index in [0.717, 1.165) is 0 Å². The Labute approximate surface area is 115 Å². The number of hydrogen-bond donors (Lipinski definition) is 0. The number of carbonyl (C=O) groups excluding carboxylic acids is 2. The number of esters is 2. The van der Waals surface area contributed by atoms with Crippen LogP contribution in [0.25, 0.3) is 0 Å². The molecule has 0 N–H and O–H groups in total. The van der Waals surface area contributed by atoms with Crippen LogP contribution in [0.3, 0.4) is 0 Å². The van der Waals surface area contributed by atoms with Gasteiger partial charge in [-0.25, -0.2) is 9.59 Å². The summed E-state index contributed by atoms with van der Waals surface area (Å²) in [4.78, 5) is 23.3. The second-order valence-corrected chi connectivity index (χ2v) is 4.68. The first kappa shape index (κ1) is 13.1. The Hall–Kier alpha value is -1.92. The van der Waals surface area contributed by atoms with Crippen molar-refractivity contribution >= 4 is 11.9 Å². The Bertz CT molecular complexity index is 454. The first-order chi connectivity index (χ1) is 9.72. The second kappa shape index (κ2) is 5.60. The SMILES string of the molecule is O=C(OC[C@H]1CO1)c1ccc(C(=O)OC[C@H]2CO2)cc1. The zero-order valence-corrected chi connectivity index (χ0v) is 10.7. The van der Waals surface area contributed by atoms with Gasteiger partial charge >= 0.3 is 11.9 Å². The van der Waals surface area contributed by atoms with Gasteiger partial charge in [0.2, 0.25) is 0 Å². The third kappa shape index (κ3) is 3.55. The molecule has 106 valence electrons. The highest BCUT2D eigenvalue weighted by atomic mass is 16.6. The highest BCUT2D eigenvalue weighted by Crippen LogP contribution is 2.13. The van der Waals surface area contributed by atoms with Crippen LogP contribution in [-0.2, 0) is 18.9 Å². The summed E-state index contributed by atoms with van der Waals surface area (Å²) in [7, 11) is 0. The molecule has 2 atom stereocenters. The van der Waals surface area contributed by atoms with Crippen LogP contribution >= 0.6 is 0 Å². The molecular formula is C14H14O6. The van der Waals surface area contributed by atoms with Gasteiger partial charge in [-0.05, 0) is 24.3 Å². The normalized spacial score (nSPS) is 23.0. The minimum atomic E-state index is -0.424. The number of epoxide rings is 2. The summed E-state index contributed by atoms with van der Waals surface area (Å²) in [5, 5.41) is 0. The molecular weight excluding hydrogens is 264 g/mol. The first-order valence-electron chi connectivity index (χ1n) is 6.40. The van der Waals surface area contributed by atoms with Gasteiger partial charge in [-0.2, -0.15) is 0 Å². The molecule has 6 heteroatoms. The highest BCUT2D eigenvalue weighted by molar-refractivity contribution is 5.93. The molecule has 0 aromatic heterocycles. The number of rotatable bonds is 6. The van der Waals surface area contributed by atoms with E-state index in [1.165, 1.54) is 0 Å². The fourth-order valence-corrected chi connectivity index (χ4v) is 1.57. The maximum absolute atomic E-state index is 11.7. The largest absolute Gasteiger partial charge is 0.459 e. The summed E-state index contributed by atoms with van der Waals surface area (Å²) in [6.07, 6.45) is 0.0793. The van der Waals surface area contributed by atoms with E-state index in [1.807, 2.05) is 0 Å². The van der Waals surface area contributed by atoms with E-state index in [-0.39, 0.29) is 25.4 Å². The van der Waals surface area contributed by atoms with E-state index < -0.39 is 11.9 Å². The van der Waals surface area contributed by atoms with E-state index in [1.54, 1.807) is 24.3 Å². The zero-order valence-electron chi connectivity index (χ0n) is 10.7. The lowest BCUT2D eigenvalue weighted by atomic mass is 10.1. The average Bonchev–Trinajstić information content (AvgIpc) is 3.37. The number of carbonyl (C=O) groups is 2. The predicted octanol–water partition coefficient (Wildman–Crippen LogP) is 0.798. The van der Waals surface area contributed by atoms with Crippen LogP contribution in [0.2, 0.25) is 0 Å². The molecule has 2 fully saturated rings. The molecule has 1 aromatic carbocycles. The maximum atomic E-state index is 11.7. The standard InChI is InChI=1S/C14H14O6/c15-13(19-7-11-5-17-11)9-1-2-10(4-3-9)14(16)20-8-12-6-18-12/h1-4,11-12H,5-8H2/t11-,12-/m1/s1. The van der Waals surface area contributed by atoms with Gasteiger partial charge in [-0.1, -0.05) is 0 Å². The van der Waals surface area contributed by atoms with Crippen molar-refractivity contribution in [3.63, 3.8) is 0 Å². The van der Waals surface area contributed by atoms with E-state index in [2.05, 4.69) is 0 Å². The molecule has 0 spiro atoms. The molecule has 2 saturated heterocycles. The Morgan fingerprint density at radius 1 is 0.900 bits per heavy atom. The van der Waals surface area contributed by atoms with Crippen molar-refractivity contribution in [2.24, 2.45) is 0 Å². The summed E-state index contributed by atoms with van der Waals surface area (Å²) in [6, 6.07) is 6.17. The lowest BCUT2D eigenvalue weighted by molar-refractivity contribution is 0.0463. The molecule has 1 aromatic rings. The van der Waals surface area contributed by atoms with Crippen LogP contribution in [-0.4, -0.2) is 50.6 Å². The van der Waals surface area contributed by atoms with Crippen LogP contribution in [0.5, 0.6) is 0 Å². The Kier molecular flexibility index (Phi) is 3.66. The van der Waals surface area contributed by atoms with Crippen LogP contribution in [0, 0.1) is 0 Å². The number of hydrogen-bond acceptors (Lipinski definition) is 6. The number of ether oxygens (including phenoxy) is 4. The van der Waals surface area contributed by atoms with Gasteiger partial charge in [-0.3, -0.25) is 0 Å². The van der Waals surface area contributed by atoms with E-state index in [4.69, 9.17) is 18.9 Å². The summed E-state index contributed by atoms with van der Waals surface area (Å²) in [6.45, 7) is 1.82. The van der Waals surface area contributed by atoms with Gasteiger partial charge in [0, 0.05) is 0 Å². The van der Waals surface area contributed by atoms with E-state index in [9.17, 15) is 9.59 Å². The quantitative estimate of drug-likeness (QED) is 0.565. The molecule has 0 amide bonds. The first-order valence-corrected chi connectivity index (χ1v) is 6.40. The van der Waals surface area contributed by atoms with Crippen molar-refractivity contribution in [3.05, 3.63) is 35.4 Å². The van der Waals surface area contributed by atoms with Crippen molar-refractivity contribution < 1.29 is 28.5 Å². The van der Waals surface area contributed by atoms with Gasteiger partial charge in [-0.15, -0.1) is 0 Å². The fraction of sp³-hybridized carbons (Fsp3) is 0.429. The molecule has 0 aliphatic carbocycles. The molecule has 20 heavy (non-hydrogen) atoms. The minimum Gasteiger partial charge on any atom is -0.459 e. The van der Waals surface area contributed by atoms with E-state index >= 15 is 0 Å². The molecule has 2 aliphatic heterocycles. The van der Waals surface area contributed by atoms with Crippen LogP contribution < -0.4 is 0 Å². The summed E-state index contributed by atoms with van der Waals surface area (Å²) in [5.74, 6) is -0.849.